The van der Waals surface area contributed by atoms with Crippen LogP contribution in [0.3, 0.4) is 0 Å². The number of nitrogens with zero attached hydrogens (tertiary/aromatic N) is 1. The molecule has 144 valence electrons. The quantitative estimate of drug-likeness (QED) is 0.688. The van der Waals surface area contributed by atoms with E-state index >= 15 is 0 Å². The van der Waals surface area contributed by atoms with E-state index in [1.54, 1.807) is 6.92 Å². The van der Waals surface area contributed by atoms with Gasteiger partial charge in [-0.25, -0.2) is 0 Å². The third-order valence-electron chi connectivity index (χ3n) is 3.74. The predicted molar refractivity (Wildman–Crippen MR) is 95.0 cm³/mol. The normalized spacial score (nSPS) is 11.1. The van der Waals surface area contributed by atoms with Gasteiger partial charge in [0.2, 0.25) is 0 Å². The molecule has 0 aliphatic rings. The summed E-state index contributed by atoms with van der Waals surface area (Å²) in [5.74, 6) is -0.606. The van der Waals surface area contributed by atoms with Crippen molar-refractivity contribution < 1.29 is 27.3 Å². The Labute approximate surface area is 157 Å². The molecule has 0 radical (unpaired) electrons. The van der Waals surface area contributed by atoms with Crippen molar-refractivity contribution in [2.45, 2.75) is 13.1 Å². The summed E-state index contributed by atoms with van der Waals surface area (Å²) in [6, 6.07) is 11.7. The summed E-state index contributed by atoms with van der Waals surface area (Å²) < 4.78 is 44.0. The topological polar surface area (TPSA) is 84.2 Å². The molecule has 0 saturated carbocycles. The molecule has 2 amide bonds. The number of anilines is 2. The molecule has 0 spiro atoms. The van der Waals surface area contributed by atoms with Crippen molar-refractivity contribution in [3.63, 3.8) is 0 Å². The van der Waals surface area contributed by atoms with Crippen molar-refractivity contribution in [1.29, 1.82) is 0 Å². The molecule has 2 aromatic carbocycles. The van der Waals surface area contributed by atoms with Crippen LogP contribution in [-0.4, -0.2) is 17.0 Å². The summed E-state index contributed by atoms with van der Waals surface area (Å²) in [5.41, 5.74) is -1.16. The monoisotopic (exact) mass is 389 g/mol. The summed E-state index contributed by atoms with van der Waals surface area (Å²) in [4.78, 5) is 24.7. The van der Waals surface area contributed by atoms with Gasteiger partial charge in [0.05, 0.1) is 11.3 Å². The fourth-order valence-electron chi connectivity index (χ4n) is 2.45. The minimum atomic E-state index is -4.61. The van der Waals surface area contributed by atoms with Crippen LogP contribution in [0, 0.1) is 6.92 Å². The molecule has 0 aliphatic carbocycles. The van der Waals surface area contributed by atoms with Crippen LogP contribution in [0.25, 0.3) is 0 Å². The van der Waals surface area contributed by atoms with Gasteiger partial charge in [-0.2, -0.15) is 13.2 Å². The minimum absolute atomic E-state index is 0.0287. The molecule has 1 heterocycles. The number of benzene rings is 2. The van der Waals surface area contributed by atoms with Crippen LogP contribution in [0.2, 0.25) is 0 Å². The second-order valence-corrected chi connectivity index (χ2v) is 5.86. The van der Waals surface area contributed by atoms with E-state index in [0.29, 0.717) is 5.76 Å². The van der Waals surface area contributed by atoms with Crippen molar-refractivity contribution in [2.75, 3.05) is 10.6 Å². The largest absolute Gasteiger partial charge is 0.418 e. The number of para-hydroxylation sites is 1. The van der Waals surface area contributed by atoms with E-state index < -0.39 is 23.6 Å². The average Bonchev–Trinajstić information content (AvgIpc) is 3.06. The summed E-state index contributed by atoms with van der Waals surface area (Å²) in [6.45, 7) is 1.66. The lowest BCUT2D eigenvalue weighted by molar-refractivity contribution is -0.136. The molecular weight excluding hydrogens is 375 g/mol. The van der Waals surface area contributed by atoms with E-state index in [4.69, 9.17) is 4.52 Å². The number of hydrogen-bond acceptors (Lipinski definition) is 4. The standard InChI is InChI=1S/C19H14F3N3O3/c1-11-9-16(25-28-11)24-18(27)13-6-4-5-12(10-13)17(26)23-15-8-3-2-7-14(15)19(20,21)22/h2-10H,1H3,(H,23,26)(H,24,25,27). The number of halogens is 3. The summed E-state index contributed by atoms with van der Waals surface area (Å²) in [6.07, 6.45) is -4.61. The number of aromatic nitrogens is 1. The number of hydrogen-bond donors (Lipinski definition) is 2. The lowest BCUT2D eigenvalue weighted by Gasteiger charge is -2.13. The van der Waals surface area contributed by atoms with Crippen LogP contribution < -0.4 is 10.6 Å². The fourth-order valence-corrected chi connectivity index (χ4v) is 2.45. The molecule has 28 heavy (non-hydrogen) atoms. The van der Waals surface area contributed by atoms with Crippen LogP contribution in [0.4, 0.5) is 24.7 Å². The van der Waals surface area contributed by atoms with Gasteiger partial charge in [0.1, 0.15) is 5.76 Å². The molecule has 0 fully saturated rings. The molecule has 3 rings (SSSR count). The Balaban J connectivity index is 1.79. The van der Waals surface area contributed by atoms with E-state index in [-0.39, 0.29) is 22.6 Å². The third kappa shape index (κ3) is 4.37. The summed E-state index contributed by atoms with van der Waals surface area (Å²) >= 11 is 0. The number of carbonyl (C=O) groups excluding carboxylic acids is 2. The number of rotatable bonds is 4. The van der Waals surface area contributed by atoms with Gasteiger partial charge < -0.3 is 15.2 Å². The van der Waals surface area contributed by atoms with E-state index in [1.165, 1.54) is 42.5 Å². The van der Waals surface area contributed by atoms with Gasteiger partial charge in [0, 0.05) is 17.2 Å². The van der Waals surface area contributed by atoms with Gasteiger partial charge in [-0.05, 0) is 37.3 Å². The van der Waals surface area contributed by atoms with Crippen LogP contribution in [0.15, 0.2) is 59.1 Å². The predicted octanol–water partition coefficient (Wildman–Crippen LogP) is 4.51. The molecule has 0 aliphatic heterocycles. The maximum absolute atomic E-state index is 13.1. The molecule has 2 N–H and O–H groups in total. The summed E-state index contributed by atoms with van der Waals surface area (Å²) in [7, 11) is 0. The summed E-state index contributed by atoms with van der Waals surface area (Å²) in [5, 5.41) is 8.37. The Hall–Kier alpha value is -3.62. The third-order valence-corrected chi connectivity index (χ3v) is 3.74. The first-order chi connectivity index (χ1) is 13.2. The second-order valence-electron chi connectivity index (χ2n) is 5.86. The highest BCUT2D eigenvalue weighted by Gasteiger charge is 2.33. The lowest BCUT2D eigenvalue weighted by Crippen LogP contribution is -2.18. The van der Waals surface area contributed by atoms with Gasteiger partial charge in [-0.3, -0.25) is 9.59 Å². The fraction of sp³-hybridized carbons (Fsp3) is 0.105. The molecule has 0 saturated heterocycles. The Morgan fingerprint density at radius 3 is 2.18 bits per heavy atom. The lowest BCUT2D eigenvalue weighted by atomic mass is 10.1. The van der Waals surface area contributed by atoms with E-state index in [1.807, 2.05) is 0 Å². The number of amides is 2. The van der Waals surface area contributed by atoms with Crippen molar-refractivity contribution in [1.82, 2.24) is 5.16 Å². The van der Waals surface area contributed by atoms with Gasteiger partial charge in [0.15, 0.2) is 5.82 Å². The van der Waals surface area contributed by atoms with E-state index in [0.717, 1.165) is 12.1 Å². The van der Waals surface area contributed by atoms with Crippen LogP contribution in [0.1, 0.15) is 32.0 Å². The van der Waals surface area contributed by atoms with Crippen molar-refractivity contribution in [3.8, 4) is 0 Å². The van der Waals surface area contributed by atoms with Crippen molar-refractivity contribution >= 4 is 23.3 Å². The molecule has 0 atom stereocenters. The molecule has 9 heteroatoms. The maximum atomic E-state index is 13.1. The Bertz CT molecular complexity index is 1030. The first kappa shape index (κ1) is 19.2. The average molecular weight is 389 g/mol. The van der Waals surface area contributed by atoms with Crippen LogP contribution in [-0.2, 0) is 6.18 Å². The molecule has 0 bridgehead atoms. The number of aryl methyl sites for hydroxylation is 1. The van der Waals surface area contributed by atoms with Crippen molar-refractivity contribution in [2.24, 2.45) is 0 Å². The second kappa shape index (κ2) is 7.55. The van der Waals surface area contributed by atoms with Crippen molar-refractivity contribution in [3.05, 3.63) is 77.0 Å². The Morgan fingerprint density at radius 2 is 1.57 bits per heavy atom. The minimum Gasteiger partial charge on any atom is -0.360 e. The Kier molecular flexibility index (Phi) is 5.16. The number of carbonyl (C=O) groups is 2. The molecular formula is C19H14F3N3O3. The zero-order chi connectivity index (χ0) is 20.3. The molecule has 0 unspecified atom stereocenters. The molecule has 6 nitrogen and oxygen atoms in total. The highest BCUT2D eigenvalue weighted by atomic mass is 19.4. The first-order valence-electron chi connectivity index (χ1n) is 8.06. The first-order valence-corrected chi connectivity index (χ1v) is 8.06. The van der Waals surface area contributed by atoms with E-state index in [2.05, 4.69) is 15.8 Å². The highest BCUT2D eigenvalue weighted by Crippen LogP contribution is 2.34. The zero-order valence-corrected chi connectivity index (χ0v) is 14.5. The highest BCUT2D eigenvalue weighted by molar-refractivity contribution is 6.08. The van der Waals surface area contributed by atoms with Gasteiger partial charge >= 0.3 is 6.18 Å². The van der Waals surface area contributed by atoms with E-state index in [9.17, 15) is 22.8 Å². The van der Waals surface area contributed by atoms with Crippen LogP contribution in [0.5, 0.6) is 0 Å². The SMILES string of the molecule is Cc1cc(NC(=O)c2cccc(C(=O)Nc3ccccc3C(F)(F)F)c2)no1. The zero-order valence-electron chi connectivity index (χ0n) is 14.5. The number of alkyl halides is 3. The van der Waals surface area contributed by atoms with Gasteiger partial charge in [-0.15, -0.1) is 0 Å². The molecule has 3 aromatic rings. The smallest absolute Gasteiger partial charge is 0.360 e. The van der Waals surface area contributed by atoms with Gasteiger partial charge in [-0.1, -0.05) is 23.4 Å². The van der Waals surface area contributed by atoms with Crippen LogP contribution >= 0.6 is 0 Å². The number of nitrogens with one attached hydrogen (secondary N) is 2. The molecule has 1 aromatic heterocycles. The van der Waals surface area contributed by atoms with Gasteiger partial charge in [0.25, 0.3) is 11.8 Å². The Morgan fingerprint density at radius 1 is 0.929 bits per heavy atom. The maximum Gasteiger partial charge on any atom is 0.418 e.